The van der Waals surface area contributed by atoms with Crippen LogP contribution in [0.1, 0.15) is 61.0 Å². The Morgan fingerprint density at radius 3 is 2.56 bits per heavy atom. The highest BCUT2D eigenvalue weighted by molar-refractivity contribution is 7.89. The van der Waals surface area contributed by atoms with Crippen LogP contribution in [0.2, 0.25) is 0 Å². The van der Waals surface area contributed by atoms with E-state index >= 15 is 4.39 Å². The highest BCUT2D eigenvalue weighted by Gasteiger charge is 2.41. The van der Waals surface area contributed by atoms with E-state index in [-0.39, 0.29) is 19.2 Å². The second-order valence-electron chi connectivity index (χ2n) is 9.42. The number of aliphatic hydroxyl groups excluding tert-OH is 1. The van der Waals surface area contributed by atoms with Crippen molar-refractivity contribution >= 4 is 10.0 Å². The van der Waals surface area contributed by atoms with Gasteiger partial charge in [0.25, 0.3) is 0 Å². The van der Waals surface area contributed by atoms with Gasteiger partial charge in [0.2, 0.25) is 10.0 Å². The summed E-state index contributed by atoms with van der Waals surface area (Å²) in [6.07, 6.45) is 3.35. The van der Waals surface area contributed by atoms with Crippen LogP contribution in [0.5, 0.6) is 0 Å². The van der Waals surface area contributed by atoms with E-state index in [1.54, 1.807) is 12.1 Å². The zero-order valence-electron chi connectivity index (χ0n) is 19.7. The van der Waals surface area contributed by atoms with Crippen molar-refractivity contribution in [1.29, 1.82) is 0 Å². The van der Waals surface area contributed by atoms with Crippen molar-refractivity contribution in [2.75, 3.05) is 26.4 Å². The third kappa shape index (κ3) is 5.21. The highest BCUT2D eigenvalue weighted by atomic mass is 32.2. The molecule has 2 fully saturated rings. The average Bonchev–Trinajstić information content (AvgIpc) is 2.83. The molecule has 2 heterocycles. The Labute approximate surface area is 202 Å². The van der Waals surface area contributed by atoms with E-state index in [0.717, 1.165) is 17.5 Å². The Morgan fingerprint density at radius 2 is 1.88 bits per heavy atom. The average molecular weight is 491 g/mol. The maximum absolute atomic E-state index is 15.4. The molecule has 4 rings (SSSR count). The normalized spacial score (nSPS) is 24.7. The van der Waals surface area contributed by atoms with E-state index in [4.69, 9.17) is 9.84 Å². The first-order valence-corrected chi connectivity index (χ1v) is 13.7. The van der Waals surface area contributed by atoms with Gasteiger partial charge < -0.3 is 15.2 Å². The summed E-state index contributed by atoms with van der Waals surface area (Å²) in [7, 11) is -3.63. The Bertz CT molecular complexity index is 1060. The van der Waals surface area contributed by atoms with Gasteiger partial charge in [-0.1, -0.05) is 42.5 Å². The van der Waals surface area contributed by atoms with Crippen LogP contribution in [-0.4, -0.2) is 50.2 Å². The molecule has 2 unspecified atom stereocenters. The molecular weight excluding hydrogens is 455 g/mol. The highest BCUT2D eigenvalue weighted by Crippen LogP contribution is 2.39. The fraction of sp³-hybridized carbons (Fsp3) is 0.538. The minimum atomic E-state index is -3.63. The Kier molecular flexibility index (Phi) is 8.05. The van der Waals surface area contributed by atoms with E-state index in [1.165, 1.54) is 4.31 Å². The van der Waals surface area contributed by atoms with Gasteiger partial charge in [-0.05, 0) is 62.8 Å². The van der Waals surface area contributed by atoms with E-state index in [9.17, 15) is 8.42 Å². The van der Waals surface area contributed by atoms with Crippen LogP contribution in [-0.2, 0) is 26.8 Å². The fourth-order valence-electron chi connectivity index (χ4n) is 5.19. The van der Waals surface area contributed by atoms with Crippen LogP contribution in [0.15, 0.2) is 48.5 Å². The lowest BCUT2D eigenvalue weighted by molar-refractivity contribution is 0.0360. The van der Waals surface area contributed by atoms with Gasteiger partial charge >= 0.3 is 0 Å². The first kappa shape index (κ1) is 25.3. The van der Waals surface area contributed by atoms with Gasteiger partial charge in [-0.3, -0.25) is 0 Å². The summed E-state index contributed by atoms with van der Waals surface area (Å²) in [4.78, 5) is 0. The molecule has 0 spiro atoms. The van der Waals surface area contributed by atoms with Crippen molar-refractivity contribution in [3.05, 3.63) is 71.0 Å². The molecule has 0 bridgehead atoms. The van der Waals surface area contributed by atoms with Crippen LogP contribution in [0.25, 0.3) is 0 Å². The number of nitrogens with zero attached hydrogens (tertiary/aromatic N) is 1. The van der Waals surface area contributed by atoms with Crippen molar-refractivity contribution in [2.24, 2.45) is 0 Å². The quantitative estimate of drug-likeness (QED) is 0.550. The summed E-state index contributed by atoms with van der Waals surface area (Å²) in [5.74, 6) is -0.392. The minimum absolute atomic E-state index is 0.0208. The summed E-state index contributed by atoms with van der Waals surface area (Å²) in [6.45, 7) is 3.81. The van der Waals surface area contributed by atoms with Gasteiger partial charge in [0, 0.05) is 43.5 Å². The maximum atomic E-state index is 15.4. The predicted molar refractivity (Wildman–Crippen MR) is 130 cm³/mol. The third-order valence-electron chi connectivity index (χ3n) is 7.27. The molecule has 0 aliphatic carbocycles. The lowest BCUT2D eigenvalue weighted by Gasteiger charge is -2.39. The number of aliphatic hydroxyl groups is 1. The zero-order valence-corrected chi connectivity index (χ0v) is 20.6. The number of halogens is 1. The number of hydrogen-bond donors (Lipinski definition) is 2. The monoisotopic (exact) mass is 490 g/mol. The molecule has 8 heteroatoms. The molecule has 2 aliphatic rings. The lowest BCUT2D eigenvalue weighted by atomic mass is 9.82. The van der Waals surface area contributed by atoms with Crippen molar-refractivity contribution in [3.8, 4) is 0 Å². The van der Waals surface area contributed by atoms with Crippen LogP contribution in [0, 0.1) is 5.82 Å². The molecule has 2 N–H and O–H groups in total. The molecule has 186 valence electrons. The number of rotatable bonds is 8. The van der Waals surface area contributed by atoms with Crippen LogP contribution in [0.3, 0.4) is 0 Å². The summed E-state index contributed by atoms with van der Waals surface area (Å²) in [6, 6.07) is 14.3. The van der Waals surface area contributed by atoms with Gasteiger partial charge in [0.15, 0.2) is 0 Å². The summed E-state index contributed by atoms with van der Waals surface area (Å²) >= 11 is 0. The standard InChI is InChI=1S/C26H35FN2O4S/c1-20-8-11-25(21-6-3-2-4-7-21)34(31,32)29(20)19-22-9-10-23(18-24(22)27)26(28-14-5-15-30)12-16-33-17-13-26/h2-4,6-7,9-10,18,20,25,28,30H,5,8,11-17,19H2,1H3. The molecule has 2 aromatic carbocycles. The number of sulfonamides is 1. The van der Waals surface area contributed by atoms with Gasteiger partial charge in [-0.2, -0.15) is 4.31 Å². The number of benzene rings is 2. The van der Waals surface area contributed by atoms with Crippen molar-refractivity contribution in [3.63, 3.8) is 0 Å². The van der Waals surface area contributed by atoms with Gasteiger partial charge in [0.1, 0.15) is 11.1 Å². The molecule has 2 aromatic rings. The predicted octanol–water partition coefficient (Wildman–Crippen LogP) is 3.86. The van der Waals surface area contributed by atoms with Crippen molar-refractivity contribution in [1.82, 2.24) is 9.62 Å². The Balaban J connectivity index is 1.58. The summed E-state index contributed by atoms with van der Waals surface area (Å²) in [5, 5.41) is 12.1. The van der Waals surface area contributed by atoms with E-state index in [0.29, 0.717) is 51.0 Å². The van der Waals surface area contributed by atoms with E-state index < -0.39 is 26.6 Å². The lowest BCUT2D eigenvalue weighted by Crippen LogP contribution is -2.47. The number of hydrogen-bond acceptors (Lipinski definition) is 5. The second kappa shape index (κ2) is 10.8. The second-order valence-corrected chi connectivity index (χ2v) is 11.5. The molecule has 0 aromatic heterocycles. The molecule has 2 aliphatic heterocycles. The zero-order chi connectivity index (χ0) is 24.2. The van der Waals surface area contributed by atoms with Crippen LogP contribution < -0.4 is 5.32 Å². The topological polar surface area (TPSA) is 78.9 Å². The van der Waals surface area contributed by atoms with Gasteiger partial charge in [-0.15, -0.1) is 0 Å². The van der Waals surface area contributed by atoms with E-state index in [2.05, 4.69) is 5.32 Å². The fourth-order valence-corrected chi connectivity index (χ4v) is 7.38. The molecule has 34 heavy (non-hydrogen) atoms. The SMILES string of the molecule is CC1CCC(c2ccccc2)S(=O)(=O)N1Cc1ccc(C2(NCCCO)CCOCC2)cc1F. The Morgan fingerprint density at radius 1 is 1.15 bits per heavy atom. The first-order chi connectivity index (χ1) is 16.4. The summed E-state index contributed by atoms with van der Waals surface area (Å²) in [5.41, 5.74) is 1.60. The molecule has 2 atom stereocenters. The Hall–Kier alpha value is -1.84. The smallest absolute Gasteiger partial charge is 0.221 e. The maximum Gasteiger partial charge on any atom is 0.221 e. The van der Waals surface area contributed by atoms with E-state index in [1.807, 2.05) is 43.3 Å². The molecule has 0 radical (unpaired) electrons. The number of ether oxygens (including phenoxy) is 1. The molecule has 0 amide bonds. The van der Waals surface area contributed by atoms with Gasteiger partial charge in [-0.25, -0.2) is 12.8 Å². The molecule has 0 saturated carbocycles. The molecular formula is C26H35FN2O4S. The first-order valence-electron chi connectivity index (χ1n) is 12.2. The van der Waals surface area contributed by atoms with Crippen LogP contribution in [0.4, 0.5) is 4.39 Å². The van der Waals surface area contributed by atoms with Crippen molar-refractivity contribution < 1.29 is 22.7 Å². The van der Waals surface area contributed by atoms with Crippen molar-refractivity contribution in [2.45, 2.75) is 62.4 Å². The minimum Gasteiger partial charge on any atom is -0.396 e. The van der Waals surface area contributed by atoms with Crippen LogP contribution >= 0.6 is 0 Å². The third-order valence-corrected chi connectivity index (χ3v) is 9.64. The van der Waals surface area contributed by atoms with Gasteiger partial charge in [0.05, 0.1) is 0 Å². The molecule has 6 nitrogen and oxygen atoms in total. The molecule has 2 saturated heterocycles. The summed E-state index contributed by atoms with van der Waals surface area (Å²) < 4.78 is 49.4. The number of nitrogens with one attached hydrogen (secondary N) is 1. The largest absolute Gasteiger partial charge is 0.396 e.